The van der Waals surface area contributed by atoms with Crippen molar-refractivity contribution in [2.45, 2.75) is 32.7 Å². The minimum atomic E-state index is 0.114. The van der Waals surface area contributed by atoms with Gasteiger partial charge < -0.3 is 10.1 Å². The number of methoxy groups -OCH3 is 1. The first kappa shape index (κ1) is 13.8. The lowest BCUT2D eigenvalue weighted by atomic mass is 9.86. The molecule has 2 rings (SSSR count). The molecule has 0 unspecified atom stereocenters. The van der Waals surface area contributed by atoms with Gasteiger partial charge >= 0.3 is 0 Å². The van der Waals surface area contributed by atoms with Gasteiger partial charge in [0.05, 0.1) is 13.7 Å². The highest BCUT2D eigenvalue weighted by Crippen LogP contribution is 2.29. The fraction of sp³-hybridized carbons (Fsp3) is 0.429. The van der Waals surface area contributed by atoms with Crippen molar-refractivity contribution in [1.29, 1.82) is 0 Å². The summed E-state index contributed by atoms with van der Waals surface area (Å²) in [5.74, 6) is 0. The molecule has 1 N–H and O–H groups in total. The number of ether oxygens (including phenoxy) is 1. The third kappa shape index (κ3) is 3.44. The Morgan fingerprint density at radius 3 is 2.58 bits per heavy atom. The number of benzene rings is 1. The Balaban J connectivity index is 2.11. The third-order valence-electron chi connectivity index (χ3n) is 2.79. The van der Waals surface area contributed by atoms with Crippen molar-refractivity contribution in [3.63, 3.8) is 0 Å². The van der Waals surface area contributed by atoms with Gasteiger partial charge in [-0.3, -0.25) is 0 Å². The van der Waals surface area contributed by atoms with Gasteiger partial charge in [0.1, 0.15) is 5.01 Å². The van der Waals surface area contributed by atoms with Crippen molar-refractivity contribution < 1.29 is 4.74 Å². The first-order chi connectivity index (χ1) is 9.00. The SMILES string of the molecule is COc1nnc(CNc2ccccc2C(C)(C)C)s1. The van der Waals surface area contributed by atoms with E-state index in [0.717, 1.165) is 10.7 Å². The van der Waals surface area contributed by atoms with Crippen molar-refractivity contribution in [2.75, 3.05) is 12.4 Å². The Hall–Kier alpha value is -1.62. The lowest BCUT2D eigenvalue weighted by molar-refractivity contribution is 0.407. The summed E-state index contributed by atoms with van der Waals surface area (Å²) in [6.45, 7) is 7.29. The van der Waals surface area contributed by atoms with Crippen LogP contribution in [0.3, 0.4) is 0 Å². The van der Waals surface area contributed by atoms with Gasteiger partial charge in [0.25, 0.3) is 5.19 Å². The molecular formula is C14H19N3OS. The lowest BCUT2D eigenvalue weighted by Crippen LogP contribution is -2.14. The topological polar surface area (TPSA) is 47.0 Å². The molecule has 19 heavy (non-hydrogen) atoms. The van der Waals surface area contributed by atoms with E-state index in [-0.39, 0.29) is 5.41 Å². The van der Waals surface area contributed by atoms with Crippen LogP contribution in [-0.2, 0) is 12.0 Å². The average Bonchev–Trinajstić information content (AvgIpc) is 2.83. The monoisotopic (exact) mass is 277 g/mol. The fourth-order valence-electron chi connectivity index (χ4n) is 1.85. The number of hydrogen-bond acceptors (Lipinski definition) is 5. The number of hydrogen-bond donors (Lipinski definition) is 1. The summed E-state index contributed by atoms with van der Waals surface area (Å²) in [5, 5.41) is 12.9. The second kappa shape index (κ2) is 5.57. The molecule has 0 radical (unpaired) electrons. The minimum absolute atomic E-state index is 0.114. The summed E-state index contributed by atoms with van der Waals surface area (Å²) in [5.41, 5.74) is 2.55. The normalized spacial score (nSPS) is 11.4. The van der Waals surface area contributed by atoms with Crippen molar-refractivity contribution in [2.24, 2.45) is 0 Å². The molecule has 0 fully saturated rings. The number of anilines is 1. The van der Waals surface area contributed by atoms with Gasteiger partial charge in [-0.05, 0) is 17.0 Å². The van der Waals surface area contributed by atoms with Crippen molar-refractivity contribution in [3.05, 3.63) is 34.8 Å². The highest BCUT2D eigenvalue weighted by Gasteiger charge is 2.17. The van der Waals surface area contributed by atoms with Gasteiger partial charge in [-0.2, -0.15) is 0 Å². The van der Waals surface area contributed by atoms with Crippen LogP contribution in [0.25, 0.3) is 0 Å². The fourth-order valence-corrected chi connectivity index (χ4v) is 2.45. The molecule has 0 aliphatic carbocycles. The molecule has 0 aliphatic heterocycles. The Bertz CT molecular complexity index is 546. The zero-order valence-electron chi connectivity index (χ0n) is 11.7. The zero-order valence-corrected chi connectivity index (χ0v) is 12.5. The molecule has 0 spiro atoms. The Kier molecular flexibility index (Phi) is 4.04. The van der Waals surface area contributed by atoms with E-state index in [2.05, 4.69) is 54.5 Å². The maximum Gasteiger partial charge on any atom is 0.293 e. The Labute approximate surface area is 117 Å². The zero-order chi connectivity index (χ0) is 13.9. The quantitative estimate of drug-likeness (QED) is 0.929. The summed E-state index contributed by atoms with van der Waals surface area (Å²) in [6.07, 6.45) is 0. The second-order valence-electron chi connectivity index (χ2n) is 5.31. The van der Waals surface area contributed by atoms with E-state index in [0.29, 0.717) is 11.7 Å². The second-order valence-corrected chi connectivity index (χ2v) is 6.34. The van der Waals surface area contributed by atoms with Gasteiger partial charge in [-0.25, -0.2) is 0 Å². The molecule has 0 saturated heterocycles. The third-order valence-corrected chi connectivity index (χ3v) is 3.67. The number of nitrogens with one attached hydrogen (secondary N) is 1. The summed E-state index contributed by atoms with van der Waals surface area (Å²) in [4.78, 5) is 0. The maximum absolute atomic E-state index is 5.04. The summed E-state index contributed by atoms with van der Waals surface area (Å²) >= 11 is 1.46. The van der Waals surface area contributed by atoms with Crippen LogP contribution >= 0.6 is 11.3 Å². The number of rotatable bonds is 4. The van der Waals surface area contributed by atoms with E-state index in [9.17, 15) is 0 Å². The molecule has 2 aromatic rings. The molecule has 1 aromatic carbocycles. The molecule has 0 atom stereocenters. The molecule has 0 saturated carbocycles. The van der Waals surface area contributed by atoms with Crippen LogP contribution in [0.4, 0.5) is 5.69 Å². The van der Waals surface area contributed by atoms with E-state index >= 15 is 0 Å². The predicted molar refractivity (Wildman–Crippen MR) is 78.9 cm³/mol. The van der Waals surface area contributed by atoms with Crippen LogP contribution in [-0.4, -0.2) is 17.3 Å². The molecule has 102 valence electrons. The van der Waals surface area contributed by atoms with Gasteiger partial charge in [0.15, 0.2) is 0 Å². The van der Waals surface area contributed by atoms with E-state index in [1.165, 1.54) is 16.9 Å². The highest BCUT2D eigenvalue weighted by atomic mass is 32.1. The van der Waals surface area contributed by atoms with Crippen LogP contribution in [0.1, 0.15) is 31.3 Å². The first-order valence-electron chi connectivity index (χ1n) is 6.20. The van der Waals surface area contributed by atoms with Crippen LogP contribution in [0.2, 0.25) is 0 Å². The maximum atomic E-state index is 5.04. The van der Waals surface area contributed by atoms with Gasteiger partial charge in [-0.1, -0.05) is 50.3 Å². The summed E-state index contributed by atoms with van der Waals surface area (Å²) in [6, 6.07) is 8.36. The highest BCUT2D eigenvalue weighted by molar-refractivity contribution is 7.13. The molecule has 0 amide bonds. The van der Waals surface area contributed by atoms with Crippen LogP contribution in [0.15, 0.2) is 24.3 Å². The van der Waals surface area contributed by atoms with E-state index in [1.807, 2.05) is 6.07 Å². The van der Waals surface area contributed by atoms with Crippen molar-refractivity contribution >= 4 is 17.0 Å². The van der Waals surface area contributed by atoms with Crippen LogP contribution in [0, 0.1) is 0 Å². The Morgan fingerprint density at radius 1 is 1.21 bits per heavy atom. The predicted octanol–water partition coefficient (Wildman–Crippen LogP) is 3.46. The van der Waals surface area contributed by atoms with Crippen molar-refractivity contribution in [1.82, 2.24) is 10.2 Å². The lowest BCUT2D eigenvalue weighted by Gasteiger charge is -2.23. The number of aromatic nitrogens is 2. The number of para-hydroxylation sites is 1. The largest absolute Gasteiger partial charge is 0.472 e. The molecule has 4 nitrogen and oxygen atoms in total. The van der Waals surface area contributed by atoms with Crippen LogP contribution in [0.5, 0.6) is 5.19 Å². The first-order valence-corrected chi connectivity index (χ1v) is 7.02. The molecular weight excluding hydrogens is 258 g/mol. The van der Waals surface area contributed by atoms with Gasteiger partial charge in [-0.15, -0.1) is 10.2 Å². The van der Waals surface area contributed by atoms with Crippen LogP contribution < -0.4 is 10.1 Å². The Morgan fingerprint density at radius 2 is 1.95 bits per heavy atom. The van der Waals surface area contributed by atoms with Crippen molar-refractivity contribution in [3.8, 4) is 5.19 Å². The smallest absolute Gasteiger partial charge is 0.293 e. The van der Waals surface area contributed by atoms with E-state index in [4.69, 9.17) is 4.74 Å². The number of nitrogens with zero attached hydrogens (tertiary/aromatic N) is 2. The summed E-state index contributed by atoms with van der Waals surface area (Å²) < 4.78 is 5.04. The minimum Gasteiger partial charge on any atom is -0.472 e. The van der Waals surface area contributed by atoms with E-state index in [1.54, 1.807) is 7.11 Å². The summed E-state index contributed by atoms with van der Waals surface area (Å²) in [7, 11) is 1.60. The molecule has 1 heterocycles. The molecule has 1 aromatic heterocycles. The standard InChI is InChI=1S/C14H19N3OS/c1-14(2,3)10-7-5-6-8-11(10)15-9-12-16-17-13(18-4)19-12/h5-8,15H,9H2,1-4H3. The van der Waals surface area contributed by atoms with E-state index < -0.39 is 0 Å². The molecule has 0 aliphatic rings. The molecule has 5 heteroatoms. The molecule has 0 bridgehead atoms. The van der Waals surface area contributed by atoms with Gasteiger partial charge in [0.2, 0.25) is 0 Å². The van der Waals surface area contributed by atoms with Gasteiger partial charge in [0, 0.05) is 5.69 Å². The average molecular weight is 277 g/mol.